The van der Waals surface area contributed by atoms with E-state index >= 15 is 0 Å². The van der Waals surface area contributed by atoms with Gasteiger partial charge in [0.2, 0.25) is 0 Å². The number of carbonyl (C=O) groups is 2. The molecule has 0 amide bonds. The Morgan fingerprint density at radius 2 is 1.93 bits per heavy atom. The van der Waals surface area contributed by atoms with Gasteiger partial charge in [0, 0.05) is 11.9 Å². The molecular weight excluding hydrogens is 413 g/mol. The van der Waals surface area contributed by atoms with Crippen LogP contribution in [0.25, 0.3) is 0 Å². The van der Waals surface area contributed by atoms with Crippen LogP contribution in [0, 0.1) is 5.82 Å². The van der Waals surface area contributed by atoms with Gasteiger partial charge in [-0.1, -0.05) is 11.6 Å². The molecule has 0 aliphatic heterocycles. The van der Waals surface area contributed by atoms with Gasteiger partial charge in [0.25, 0.3) is 5.88 Å². The molecule has 0 N–H and O–H groups in total. The van der Waals surface area contributed by atoms with E-state index in [-0.39, 0.29) is 29.0 Å². The van der Waals surface area contributed by atoms with Crippen molar-refractivity contribution < 1.29 is 32.4 Å². The summed E-state index contributed by atoms with van der Waals surface area (Å²) >= 11 is 6.49. The maximum atomic E-state index is 13.7. The zero-order valence-corrected chi connectivity index (χ0v) is 16.6. The largest absolute Gasteiger partial charge is 0.479 e. The lowest BCUT2D eigenvalue weighted by Gasteiger charge is -2.13. The van der Waals surface area contributed by atoms with Crippen molar-refractivity contribution in [3.8, 4) is 17.4 Å². The highest BCUT2D eigenvalue weighted by atomic mass is 35.5. The summed E-state index contributed by atoms with van der Waals surface area (Å²) in [5, 5.41) is 0.165. The molecule has 0 aliphatic carbocycles. The Labute approximate surface area is 170 Å². The number of rotatable bonds is 9. The van der Waals surface area contributed by atoms with E-state index in [0.29, 0.717) is 11.5 Å². The van der Waals surface area contributed by atoms with Crippen molar-refractivity contribution in [3.63, 3.8) is 0 Å². The molecule has 1 unspecified atom stereocenters. The smallest absolute Gasteiger partial charge is 0.359 e. The van der Waals surface area contributed by atoms with Crippen molar-refractivity contribution >= 4 is 35.6 Å². The van der Waals surface area contributed by atoms with E-state index < -0.39 is 17.9 Å². The molecule has 0 saturated carbocycles. The number of halogens is 2. The van der Waals surface area contributed by atoms with Gasteiger partial charge in [0.15, 0.2) is 11.9 Å². The van der Waals surface area contributed by atoms with Gasteiger partial charge in [-0.15, -0.1) is 0 Å². The van der Waals surface area contributed by atoms with Crippen LogP contribution in [0.3, 0.4) is 0 Å². The number of nitrogens with zero attached hydrogens (tertiary/aromatic N) is 1. The average molecular weight is 430 g/mol. The average Bonchev–Trinajstić information content (AvgIpc) is 2.68. The number of carbonyl (C=O) groups excluding carboxylic acids is 2. The summed E-state index contributed by atoms with van der Waals surface area (Å²) in [6.07, 6.45) is 0.537. The molecule has 28 heavy (non-hydrogen) atoms. The third kappa shape index (κ3) is 6.90. The SMILES string of the molecule is COC(=O)CCSOC(=O)C(C)Oc1ccc(Oc2ncc(Cl)cc2F)cc1. The van der Waals surface area contributed by atoms with E-state index in [2.05, 4.69) is 9.72 Å². The Balaban J connectivity index is 1.82. The first-order valence-electron chi connectivity index (χ1n) is 8.04. The molecule has 0 aliphatic rings. The van der Waals surface area contributed by atoms with Crippen molar-refractivity contribution in [3.05, 3.63) is 47.4 Å². The molecule has 2 aromatic rings. The molecule has 2 rings (SSSR count). The number of hydrogen-bond donors (Lipinski definition) is 0. The van der Waals surface area contributed by atoms with E-state index in [1.165, 1.54) is 32.4 Å². The highest BCUT2D eigenvalue weighted by Crippen LogP contribution is 2.26. The van der Waals surface area contributed by atoms with Crippen LogP contribution in [0.1, 0.15) is 13.3 Å². The standard InChI is InChI=1S/C18H17ClFNO6S/c1-11(18(23)27-28-8-7-16(22)24-2)25-13-3-5-14(6-4-13)26-17-15(20)9-12(19)10-21-17/h3-6,9-11H,7-8H2,1-2H3. The minimum Gasteiger partial charge on any atom is -0.479 e. The summed E-state index contributed by atoms with van der Waals surface area (Å²) in [7, 11) is 1.29. The summed E-state index contributed by atoms with van der Waals surface area (Å²) in [5.74, 6) is -0.873. The molecule has 1 aromatic heterocycles. The summed E-state index contributed by atoms with van der Waals surface area (Å²) in [5.41, 5.74) is 0. The zero-order chi connectivity index (χ0) is 20.5. The molecule has 0 fully saturated rings. The first-order valence-corrected chi connectivity index (χ1v) is 9.33. The number of ether oxygens (including phenoxy) is 3. The van der Waals surface area contributed by atoms with Gasteiger partial charge < -0.3 is 18.4 Å². The number of hydrogen-bond acceptors (Lipinski definition) is 8. The van der Waals surface area contributed by atoms with E-state index in [9.17, 15) is 14.0 Å². The van der Waals surface area contributed by atoms with Gasteiger partial charge in [-0.2, -0.15) is 0 Å². The predicted octanol–water partition coefficient (Wildman–Crippen LogP) is 4.19. The Hall–Kier alpha value is -2.52. The van der Waals surface area contributed by atoms with Crippen molar-refractivity contribution in [1.82, 2.24) is 4.98 Å². The Morgan fingerprint density at radius 3 is 2.57 bits per heavy atom. The van der Waals surface area contributed by atoms with Crippen LogP contribution in [0.2, 0.25) is 5.02 Å². The van der Waals surface area contributed by atoms with Crippen molar-refractivity contribution in [2.45, 2.75) is 19.4 Å². The van der Waals surface area contributed by atoms with E-state index in [1.807, 2.05) is 0 Å². The van der Waals surface area contributed by atoms with Crippen LogP contribution in [0.5, 0.6) is 17.4 Å². The minimum absolute atomic E-state index is 0.133. The predicted molar refractivity (Wildman–Crippen MR) is 101 cm³/mol. The molecule has 1 heterocycles. The van der Waals surface area contributed by atoms with Crippen molar-refractivity contribution in [2.24, 2.45) is 0 Å². The topological polar surface area (TPSA) is 84.0 Å². The molecule has 150 valence electrons. The third-order valence-corrected chi connectivity index (χ3v) is 4.07. The Kier molecular flexibility index (Phi) is 8.34. The highest BCUT2D eigenvalue weighted by molar-refractivity contribution is 7.95. The molecule has 0 bridgehead atoms. The zero-order valence-electron chi connectivity index (χ0n) is 15.0. The summed E-state index contributed by atoms with van der Waals surface area (Å²) < 4.78 is 33.9. The van der Waals surface area contributed by atoms with Gasteiger partial charge in [-0.05, 0) is 37.3 Å². The summed E-state index contributed by atoms with van der Waals surface area (Å²) in [6.45, 7) is 1.53. The molecule has 0 spiro atoms. The fourth-order valence-corrected chi connectivity index (χ4v) is 2.55. The van der Waals surface area contributed by atoms with Gasteiger partial charge >= 0.3 is 11.9 Å². The molecular formula is C18H17ClFNO6S. The fraction of sp³-hybridized carbons (Fsp3) is 0.278. The number of aromatic nitrogens is 1. The van der Waals surface area contributed by atoms with Crippen LogP contribution >= 0.6 is 23.6 Å². The number of benzene rings is 1. The van der Waals surface area contributed by atoms with Crippen LogP contribution in [0.15, 0.2) is 36.5 Å². The lowest BCUT2D eigenvalue weighted by molar-refractivity contribution is -0.141. The van der Waals surface area contributed by atoms with E-state index in [4.69, 9.17) is 25.3 Å². The fourth-order valence-electron chi connectivity index (χ4n) is 1.82. The Morgan fingerprint density at radius 1 is 1.25 bits per heavy atom. The number of esters is 1. The molecule has 7 nitrogen and oxygen atoms in total. The van der Waals surface area contributed by atoms with Crippen LogP contribution in [-0.4, -0.2) is 35.9 Å². The monoisotopic (exact) mass is 429 g/mol. The second kappa shape index (κ2) is 10.7. The molecule has 10 heteroatoms. The van der Waals surface area contributed by atoms with Gasteiger partial charge in [-0.3, -0.25) is 4.79 Å². The summed E-state index contributed by atoms with van der Waals surface area (Å²) in [6, 6.07) is 7.27. The second-order valence-electron chi connectivity index (χ2n) is 5.32. The first-order chi connectivity index (χ1) is 13.4. The second-order valence-corrected chi connectivity index (χ2v) is 6.57. The maximum Gasteiger partial charge on any atom is 0.359 e. The molecule has 1 aromatic carbocycles. The quantitative estimate of drug-likeness (QED) is 0.333. The summed E-state index contributed by atoms with van der Waals surface area (Å²) in [4.78, 5) is 26.6. The van der Waals surface area contributed by atoms with Crippen LogP contribution < -0.4 is 9.47 Å². The molecule has 0 radical (unpaired) electrons. The molecule has 0 saturated heterocycles. The van der Waals surface area contributed by atoms with Gasteiger partial charge in [-0.25, -0.2) is 14.2 Å². The van der Waals surface area contributed by atoms with Gasteiger partial charge in [0.05, 0.1) is 30.6 Å². The lowest BCUT2D eigenvalue weighted by Crippen LogP contribution is -2.24. The Bertz CT molecular complexity index is 820. The lowest BCUT2D eigenvalue weighted by atomic mass is 10.3. The minimum atomic E-state index is -0.868. The van der Waals surface area contributed by atoms with Crippen molar-refractivity contribution in [2.75, 3.05) is 12.9 Å². The van der Waals surface area contributed by atoms with E-state index in [1.54, 1.807) is 12.1 Å². The normalized spacial score (nSPS) is 11.4. The van der Waals surface area contributed by atoms with E-state index in [0.717, 1.165) is 18.1 Å². The number of pyridine rings is 1. The molecule has 1 atom stereocenters. The first kappa shape index (κ1) is 21.8. The van der Waals surface area contributed by atoms with Crippen LogP contribution in [-0.2, 0) is 18.5 Å². The third-order valence-electron chi connectivity index (χ3n) is 3.22. The highest BCUT2D eigenvalue weighted by Gasteiger charge is 2.17. The van der Waals surface area contributed by atoms with Crippen molar-refractivity contribution in [1.29, 1.82) is 0 Å². The van der Waals surface area contributed by atoms with Gasteiger partial charge in [0.1, 0.15) is 11.5 Å². The maximum absolute atomic E-state index is 13.7. The van der Waals surface area contributed by atoms with Crippen LogP contribution in [0.4, 0.5) is 4.39 Å². The number of methoxy groups -OCH3 is 1.